The summed E-state index contributed by atoms with van der Waals surface area (Å²) in [6.07, 6.45) is 3.27. The first-order chi connectivity index (χ1) is 7.59. The molecule has 2 aromatic rings. The normalized spacial score (nSPS) is 12.9. The van der Waals surface area contributed by atoms with Gasteiger partial charge in [0.25, 0.3) is 0 Å². The number of aliphatic carboxylic acids is 1. The summed E-state index contributed by atoms with van der Waals surface area (Å²) in [6.45, 7) is 0.148. The first kappa shape index (κ1) is 10.9. The van der Waals surface area contributed by atoms with E-state index >= 15 is 0 Å². The van der Waals surface area contributed by atoms with E-state index in [2.05, 4.69) is 4.98 Å². The van der Waals surface area contributed by atoms with Crippen molar-refractivity contribution in [1.29, 1.82) is 0 Å². The van der Waals surface area contributed by atoms with Crippen molar-refractivity contribution in [1.82, 2.24) is 9.55 Å². The molecule has 16 heavy (non-hydrogen) atoms. The van der Waals surface area contributed by atoms with Gasteiger partial charge in [-0.05, 0) is 12.1 Å². The number of pyridine rings is 1. The zero-order chi connectivity index (χ0) is 11.7. The highest BCUT2D eigenvalue weighted by atomic mass is 35.5. The maximum absolute atomic E-state index is 10.7. The van der Waals surface area contributed by atoms with Crippen LogP contribution in [-0.2, 0) is 11.3 Å². The van der Waals surface area contributed by atoms with Crippen LogP contribution in [0.2, 0.25) is 5.02 Å². The van der Waals surface area contributed by atoms with E-state index in [9.17, 15) is 4.79 Å². The van der Waals surface area contributed by atoms with Crippen molar-refractivity contribution < 1.29 is 9.90 Å². The van der Waals surface area contributed by atoms with Crippen molar-refractivity contribution in [2.45, 2.75) is 12.6 Å². The molecular weight excluding hydrogens is 230 g/mol. The molecule has 0 aliphatic heterocycles. The number of hydrogen-bond acceptors (Lipinski definition) is 3. The fraction of sp³-hybridized carbons (Fsp3) is 0.200. The largest absolute Gasteiger partial charge is 0.480 e. The van der Waals surface area contributed by atoms with E-state index in [1.165, 1.54) is 0 Å². The zero-order valence-electron chi connectivity index (χ0n) is 8.30. The Labute approximate surface area is 96.4 Å². The summed E-state index contributed by atoms with van der Waals surface area (Å²) in [6, 6.07) is 2.64. The Balaban J connectivity index is 2.42. The van der Waals surface area contributed by atoms with Crippen molar-refractivity contribution in [2.24, 2.45) is 5.73 Å². The molecule has 0 aliphatic carbocycles. The highest BCUT2D eigenvalue weighted by molar-refractivity contribution is 6.35. The van der Waals surface area contributed by atoms with Gasteiger partial charge in [0.1, 0.15) is 11.7 Å². The Bertz CT molecular complexity index is 538. The van der Waals surface area contributed by atoms with Gasteiger partial charge in [0.05, 0.1) is 11.6 Å². The molecule has 3 N–H and O–H groups in total. The molecule has 0 saturated heterocycles. The van der Waals surface area contributed by atoms with Crippen molar-refractivity contribution in [3.05, 3.63) is 29.5 Å². The van der Waals surface area contributed by atoms with Crippen LogP contribution in [0.15, 0.2) is 24.5 Å². The molecule has 0 amide bonds. The van der Waals surface area contributed by atoms with Gasteiger partial charge >= 0.3 is 5.97 Å². The maximum Gasteiger partial charge on any atom is 0.322 e. The summed E-state index contributed by atoms with van der Waals surface area (Å²) in [5.41, 5.74) is 6.10. The topological polar surface area (TPSA) is 81.1 Å². The molecule has 0 aromatic carbocycles. The monoisotopic (exact) mass is 239 g/mol. The predicted molar refractivity (Wildman–Crippen MR) is 60.4 cm³/mol. The van der Waals surface area contributed by atoms with Gasteiger partial charge in [0, 0.05) is 17.8 Å². The first-order valence-electron chi connectivity index (χ1n) is 4.67. The van der Waals surface area contributed by atoms with Crippen LogP contribution in [0.1, 0.15) is 0 Å². The molecule has 0 bridgehead atoms. The third-order valence-corrected chi connectivity index (χ3v) is 2.60. The van der Waals surface area contributed by atoms with Crippen molar-refractivity contribution >= 4 is 28.6 Å². The second kappa shape index (κ2) is 4.11. The lowest BCUT2D eigenvalue weighted by Gasteiger charge is -2.07. The quantitative estimate of drug-likeness (QED) is 0.841. The van der Waals surface area contributed by atoms with E-state index in [0.717, 1.165) is 5.39 Å². The van der Waals surface area contributed by atoms with Crippen molar-refractivity contribution in [3.8, 4) is 0 Å². The molecule has 0 aliphatic rings. The molecule has 2 heterocycles. The maximum atomic E-state index is 10.7. The molecule has 2 rings (SSSR count). The molecule has 1 atom stereocenters. The third kappa shape index (κ3) is 1.87. The van der Waals surface area contributed by atoms with Gasteiger partial charge in [-0.25, -0.2) is 4.98 Å². The summed E-state index contributed by atoms with van der Waals surface area (Å²) in [5.74, 6) is -1.05. The third-order valence-electron chi connectivity index (χ3n) is 2.30. The minimum absolute atomic E-state index is 0.148. The molecule has 6 heteroatoms. The summed E-state index contributed by atoms with van der Waals surface area (Å²) < 4.78 is 1.65. The molecule has 0 saturated carbocycles. The number of halogens is 1. The fourth-order valence-corrected chi connectivity index (χ4v) is 1.77. The molecule has 0 spiro atoms. The van der Waals surface area contributed by atoms with Gasteiger partial charge in [-0.2, -0.15) is 0 Å². The highest BCUT2D eigenvalue weighted by Crippen LogP contribution is 2.23. The SMILES string of the molecule is NC(Cn1cc(Cl)c2cccnc21)C(=O)O. The second-order valence-electron chi connectivity index (χ2n) is 3.45. The van der Waals surface area contributed by atoms with Gasteiger partial charge in [0.15, 0.2) is 0 Å². The predicted octanol–water partition coefficient (Wildman–Crippen LogP) is 1.10. The smallest absolute Gasteiger partial charge is 0.322 e. The van der Waals surface area contributed by atoms with E-state index in [-0.39, 0.29) is 6.54 Å². The molecule has 2 aromatic heterocycles. The lowest BCUT2D eigenvalue weighted by Crippen LogP contribution is -2.34. The Hall–Kier alpha value is -1.59. The molecule has 5 nitrogen and oxygen atoms in total. The Morgan fingerprint density at radius 1 is 1.69 bits per heavy atom. The molecule has 0 radical (unpaired) electrons. The summed E-state index contributed by atoms with van der Waals surface area (Å²) >= 11 is 5.99. The van der Waals surface area contributed by atoms with Crippen LogP contribution >= 0.6 is 11.6 Å². The minimum atomic E-state index is -1.05. The van der Waals surface area contributed by atoms with Crippen LogP contribution in [0, 0.1) is 0 Å². The van der Waals surface area contributed by atoms with Gasteiger partial charge < -0.3 is 15.4 Å². The molecular formula is C10H10ClN3O2. The number of carbonyl (C=O) groups is 1. The number of carboxylic acid groups (broad SMARTS) is 1. The Morgan fingerprint density at radius 3 is 3.12 bits per heavy atom. The number of nitrogens with zero attached hydrogens (tertiary/aromatic N) is 2. The summed E-state index contributed by atoms with van der Waals surface area (Å²) in [5, 5.41) is 10.1. The zero-order valence-corrected chi connectivity index (χ0v) is 9.05. The Kier molecular flexibility index (Phi) is 2.80. The van der Waals surface area contributed by atoms with Gasteiger partial charge in [-0.15, -0.1) is 0 Å². The number of carboxylic acids is 1. The van der Waals surface area contributed by atoms with Crippen LogP contribution in [0.5, 0.6) is 0 Å². The number of aromatic nitrogens is 2. The number of fused-ring (bicyclic) bond motifs is 1. The van der Waals surface area contributed by atoms with Gasteiger partial charge in [-0.1, -0.05) is 11.6 Å². The standard InChI is InChI=1S/C10H10ClN3O2/c11-7-4-14(5-8(12)10(15)16)9-6(7)2-1-3-13-9/h1-4,8H,5,12H2,(H,15,16). The Morgan fingerprint density at radius 2 is 2.44 bits per heavy atom. The van der Waals surface area contributed by atoms with Crippen LogP contribution in [0.3, 0.4) is 0 Å². The van der Waals surface area contributed by atoms with E-state index in [0.29, 0.717) is 10.7 Å². The minimum Gasteiger partial charge on any atom is -0.480 e. The number of nitrogens with two attached hydrogens (primary N) is 1. The van der Waals surface area contributed by atoms with Crippen LogP contribution in [-0.4, -0.2) is 26.7 Å². The van der Waals surface area contributed by atoms with Crippen LogP contribution in [0.25, 0.3) is 11.0 Å². The lowest BCUT2D eigenvalue weighted by atomic mass is 10.3. The summed E-state index contributed by atoms with van der Waals surface area (Å²) in [7, 11) is 0. The average molecular weight is 240 g/mol. The van der Waals surface area contributed by atoms with E-state index in [1.54, 1.807) is 23.0 Å². The average Bonchev–Trinajstić information content (AvgIpc) is 2.57. The van der Waals surface area contributed by atoms with E-state index in [1.807, 2.05) is 6.07 Å². The fourth-order valence-electron chi connectivity index (χ4n) is 1.51. The number of rotatable bonds is 3. The van der Waals surface area contributed by atoms with E-state index < -0.39 is 12.0 Å². The first-order valence-corrected chi connectivity index (χ1v) is 5.05. The highest BCUT2D eigenvalue weighted by Gasteiger charge is 2.15. The van der Waals surface area contributed by atoms with Crippen molar-refractivity contribution in [3.63, 3.8) is 0 Å². The second-order valence-corrected chi connectivity index (χ2v) is 3.86. The molecule has 84 valence electrons. The van der Waals surface area contributed by atoms with Crippen molar-refractivity contribution in [2.75, 3.05) is 0 Å². The van der Waals surface area contributed by atoms with E-state index in [4.69, 9.17) is 22.4 Å². The molecule has 0 fully saturated rings. The lowest BCUT2D eigenvalue weighted by molar-refractivity contribution is -0.138. The molecule has 1 unspecified atom stereocenters. The summed E-state index contributed by atoms with van der Waals surface area (Å²) in [4.78, 5) is 14.8. The van der Waals surface area contributed by atoms with Crippen LogP contribution < -0.4 is 5.73 Å². The van der Waals surface area contributed by atoms with Crippen LogP contribution in [0.4, 0.5) is 0 Å². The van der Waals surface area contributed by atoms with Gasteiger partial charge in [0.2, 0.25) is 0 Å². The van der Waals surface area contributed by atoms with Gasteiger partial charge in [-0.3, -0.25) is 4.79 Å². The number of hydrogen-bond donors (Lipinski definition) is 2.